The first-order chi connectivity index (χ1) is 20.7. The minimum absolute atomic E-state index is 0.0229. The van der Waals surface area contributed by atoms with Gasteiger partial charge in [0, 0.05) is 23.5 Å². The van der Waals surface area contributed by atoms with Crippen LogP contribution in [0.3, 0.4) is 0 Å². The van der Waals surface area contributed by atoms with Gasteiger partial charge in [-0.3, -0.25) is 4.79 Å². The number of carboxylic acid groups (broad SMARTS) is 1. The number of hydrogen-bond donors (Lipinski definition) is 2. The quantitative estimate of drug-likeness (QED) is 0.265. The fraction of sp³-hybridized carbons (Fsp3) is 0.923. The Hall–Kier alpha value is -0.950. The van der Waals surface area contributed by atoms with Gasteiger partial charge in [0.1, 0.15) is 0 Å². The molecule has 1 saturated heterocycles. The van der Waals surface area contributed by atoms with Gasteiger partial charge in [-0.1, -0.05) is 80.9 Å². The SMILES string of the molecule is CN[C@@](C)(CO[C@H]1[C@H](OC)C[C@@]23COC[C@]1(C)[C@@H]2CC[C@H]1C3=CC[C@@]2(C)[C@H](C(=O)O)[C@@](C)([C@H](C)C(C)C)CC[C@]12C)C(C)(C)C. The van der Waals surface area contributed by atoms with Gasteiger partial charge in [0.05, 0.1) is 37.9 Å². The van der Waals surface area contributed by atoms with E-state index in [-0.39, 0.29) is 56.2 Å². The molecular formula is C39H67NO5. The first-order valence-electron chi connectivity index (χ1n) is 18.1. The maximum atomic E-state index is 13.4. The molecule has 3 saturated carbocycles. The molecule has 1 aliphatic heterocycles. The van der Waals surface area contributed by atoms with Gasteiger partial charge < -0.3 is 24.6 Å². The second-order valence-electron chi connectivity index (χ2n) is 18.9. The van der Waals surface area contributed by atoms with Crippen LogP contribution in [0, 0.1) is 62.1 Å². The molecule has 0 unspecified atom stereocenters. The van der Waals surface area contributed by atoms with E-state index in [1.165, 1.54) is 0 Å². The van der Waals surface area contributed by atoms with Gasteiger partial charge in [0.2, 0.25) is 0 Å². The monoisotopic (exact) mass is 630 g/mol. The van der Waals surface area contributed by atoms with E-state index < -0.39 is 5.97 Å². The fourth-order valence-electron chi connectivity index (χ4n) is 12.0. The summed E-state index contributed by atoms with van der Waals surface area (Å²) < 4.78 is 20.1. The number of likely N-dealkylation sites (N-methyl/N-ethyl adjacent to an activating group) is 1. The fourth-order valence-corrected chi connectivity index (χ4v) is 12.0. The first kappa shape index (κ1) is 35.4. The molecular weight excluding hydrogens is 562 g/mol. The number of ether oxygens (including phenoxy) is 3. The summed E-state index contributed by atoms with van der Waals surface area (Å²) in [4.78, 5) is 13.4. The van der Waals surface area contributed by atoms with Gasteiger partial charge in [0.25, 0.3) is 0 Å². The molecule has 45 heavy (non-hydrogen) atoms. The van der Waals surface area contributed by atoms with E-state index in [0.717, 1.165) is 45.1 Å². The normalized spacial score (nSPS) is 46.7. The minimum atomic E-state index is -0.600. The maximum Gasteiger partial charge on any atom is 0.307 e. The zero-order valence-corrected chi connectivity index (χ0v) is 31.1. The zero-order chi connectivity index (χ0) is 33.6. The van der Waals surface area contributed by atoms with Crippen molar-refractivity contribution in [2.45, 2.75) is 132 Å². The van der Waals surface area contributed by atoms with E-state index in [0.29, 0.717) is 36.9 Å². The van der Waals surface area contributed by atoms with Crippen molar-refractivity contribution >= 4 is 5.97 Å². The van der Waals surface area contributed by atoms with Crippen molar-refractivity contribution in [1.82, 2.24) is 5.32 Å². The highest BCUT2D eigenvalue weighted by atomic mass is 16.5. The van der Waals surface area contributed by atoms with Crippen LogP contribution >= 0.6 is 0 Å². The molecule has 6 nitrogen and oxygen atoms in total. The van der Waals surface area contributed by atoms with E-state index in [1.54, 1.807) is 5.57 Å². The molecule has 258 valence electrons. The number of fused-ring (bicyclic) bond motifs is 3. The molecule has 0 aromatic heterocycles. The Morgan fingerprint density at radius 3 is 2.29 bits per heavy atom. The Labute approximate surface area is 275 Å². The van der Waals surface area contributed by atoms with Crippen LogP contribution in [-0.4, -0.2) is 62.8 Å². The third-order valence-electron chi connectivity index (χ3n) is 16.1. The van der Waals surface area contributed by atoms with Crippen LogP contribution in [0.25, 0.3) is 0 Å². The Bertz CT molecular complexity index is 1180. The number of carbonyl (C=O) groups is 1. The van der Waals surface area contributed by atoms with Gasteiger partial charge in [-0.2, -0.15) is 0 Å². The van der Waals surface area contributed by atoms with Crippen LogP contribution in [0.1, 0.15) is 115 Å². The van der Waals surface area contributed by atoms with Crippen molar-refractivity contribution in [3.05, 3.63) is 11.6 Å². The molecule has 1 heterocycles. The van der Waals surface area contributed by atoms with Crippen LogP contribution in [0.2, 0.25) is 0 Å². The minimum Gasteiger partial charge on any atom is -0.481 e. The van der Waals surface area contributed by atoms with Crippen LogP contribution in [-0.2, 0) is 19.0 Å². The van der Waals surface area contributed by atoms with Crippen molar-refractivity contribution in [3.63, 3.8) is 0 Å². The highest BCUT2D eigenvalue weighted by molar-refractivity contribution is 5.73. The molecule has 0 amide bonds. The molecule has 2 N–H and O–H groups in total. The van der Waals surface area contributed by atoms with E-state index >= 15 is 0 Å². The van der Waals surface area contributed by atoms with Gasteiger partial charge >= 0.3 is 5.97 Å². The van der Waals surface area contributed by atoms with E-state index in [1.807, 2.05) is 14.2 Å². The highest BCUT2D eigenvalue weighted by Gasteiger charge is 2.71. The molecule has 5 aliphatic rings. The maximum absolute atomic E-state index is 13.4. The van der Waals surface area contributed by atoms with Crippen molar-refractivity contribution in [2.24, 2.45) is 62.1 Å². The summed E-state index contributed by atoms with van der Waals surface area (Å²) in [7, 11) is 3.90. The Morgan fingerprint density at radius 1 is 1.07 bits per heavy atom. The average Bonchev–Trinajstić information content (AvgIpc) is 2.95. The molecule has 12 atom stereocenters. The zero-order valence-electron chi connectivity index (χ0n) is 31.1. The average molecular weight is 630 g/mol. The molecule has 5 rings (SSSR count). The van der Waals surface area contributed by atoms with Gasteiger partial charge in [0.15, 0.2) is 0 Å². The summed E-state index contributed by atoms with van der Waals surface area (Å²) in [5.74, 6) is 0.629. The lowest BCUT2D eigenvalue weighted by Crippen LogP contribution is -2.70. The Kier molecular flexibility index (Phi) is 8.88. The second kappa shape index (κ2) is 11.3. The third-order valence-corrected chi connectivity index (χ3v) is 16.1. The summed E-state index contributed by atoms with van der Waals surface area (Å²) >= 11 is 0. The lowest BCUT2D eigenvalue weighted by atomic mass is 9.34. The van der Waals surface area contributed by atoms with Crippen molar-refractivity contribution in [2.75, 3.05) is 34.0 Å². The number of rotatable bonds is 8. The number of aliphatic carboxylic acids is 1. The number of allylic oxidation sites excluding steroid dienone is 1. The molecule has 0 aromatic rings. The molecule has 2 bridgehead atoms. The van der Waals surface area contributed by atoms with Crippen molar-refractivity contribution < 1.29 is 24.1 Å². The standard InChI is InChI=1S/C39H67NO5/c1-24(2)25(3)34(7)18-19-36(9)26-14-15-29-35(8)21-44-23-39(29,27(26)16-17-37(36,10)30(34)32(41)42)20-28(43-13)31(35)45-22-38(11,40-12)33(4,5)6/h16,24-26,28-31,40H,14-15,17-23H2,1-13H3,(H,41,42)/t25-,26+,28-,29+,30-,31+,34-,35-,36-,37+,38+,39+/m1/s1. The van der Waals surface area contributed by atoms with Crippen LogP contribution in [0.15, 0.2) is 11.6 Å². The first-order valence-corrected chi connectivity index (χ1v) is 18.1. The second-order valence-corrected chi connectivity index (χ2v) is 18.9. The number of methoxy groups -OCH3 is 1. The molecule has 0 radical (unpaired) electrons. The topological polar surface area (TPSA) is 77.0 Å². The predicted octanol–water partition coefficient (Wildman–Crippen LogP) is 8.00. The van der Waals surface area contributed by atoms with Gasteiger partial charge in [-0.15, -0.1) is 0 Å². The van der Waals surface area contributed by atoms with E-state index in [2.05, 4.69) is 87.6 Å². The molecule has 4 aliphatic carbocycles. The summed E-state index contributed by atoms with van der Waals surface area (Å²) in [6.07, 6.45) is 8.47. The summed E-state index contributed by atoms with van der Waals surface area (Å²) in [6.45, 7) is 27.4. The lowest BCUT2D eigenvalue weighted by Gasteiger charge is -2.71. The Morgan fingerprint density at radius 2 is 1.73 bits per heavy atom. The van der Waals surface area contributed by atoms with Crippen LogP contribution in [0.4, 0.5) is 0 Å². The van der Waals surface area contributed by atoms with Crippen molar-refractivity contribution in [1.29, 1.82) is 0 Å². The number of nitrogens with one attached hydrogen (secondary N) is 1. The molecule has 0 aromatic carbocycles. The van der Waals surface area contributed by atoms with Crippen LogP contribution < -0.4 is 5.32 Å². The van der Waals surface area contributed by atoms with Gasteiger partial charge in [-0.05, 0) is 97.8 Å². The predicted molar refractivity (Wildman–Crippen MR) is 181 cm³/mol. The molecule has 4 fully saturated rings. The highest BCUT2D eigenvalue weighted by Crippen LogP contribution is 2.75. The van der Waals surface area contributed by atoms with E-state index in [4.69, 9.17) is 14.2 Å². The summed E-state index contributed by atoms with van der Waals surface area (Å²) in [6, 6.07) is 0. The molecule has 0 spiro atoms. The number of carboxylic acids is 1. The van der Waals surface area contributed by atoms with Crippen LogP contribution in [0.5, 0.6) is 0 Å². The largest absolute Gasteiger partial charge is 0.481 e. The lowest BCUT2D eigenvalue weighted by molar-refractivity contribution is -0.270. The third kappa shape index (κ3) is 4.79. The van der Waals surface area contributed by atoms with Gasteiger partial charge in [-0.25, -0.2) is 0 Å². The Balaban J connectivity index is 1.54. The van der Waals surface area contributed by atoms with E-state index in [9.17, 15) is 9.90 Å². The molecule has 6 heteroatoms. The summed E-state index contributed by atoms with van der Waals surface area (Å²) in [5, 5.41) is 14.5. The smallest absolute Gasteiger partial charge is 0.307 e. The van der Waals surface area contributed by atoms with Crippen molar-refractivity contribution in [3.8, 4) is 0 Å². The summed E-state index contributed by atoms with van der Waals surface area (Å²) in [5.41, 5.74) is 0.518. The number of hydrogen-bond acceptors (Lipinski definition) is 5.